The molecule has 9 nitrogen and oxygen atoms in total. The molecular weight excluding hydrogens is 408 g/mol. The Labute approximate surface area is 175 Å². The Kier molecular flexibility index (Phi) is 6.37. The van der Waals surface area contributed by atoms with Crippen molar-refractivity contribution in [3.05, 3.63) is 41.5 Å². The molecule has 1 atom stereocenters. The summed E-state index contributed by atoms with van der Waals surface area (Å²) in [5.41, 5.74) is 0.416. The van der Waals surface area contributed by atoms with Crippen molar-refractivity contribution < 1.29 is 22.5 Å². The van der Waals surface area contributed by atoms with E-state index in [0.29, 0.717) is 23.2 Å². The third kappa shape index (κ3) is 4.93. The van der Waals surface area contributed by atoms with E-state index in [1.165, 1.54) is 38.2 Å². The molecule has 1 aromatic heterocycles. The number of nitrogens with zero attached hydrogens (tertiary/aromatic N) is 3. The standard InChI is InChI=1S/C20H26N4O5S/c1-12(2)18(20-22-19(23-29-20)15-5-6-15)21-17(26)11-24(4)30(27,28)16-9-7-14(8-10-16)13(3)25/h7-10,12,15,18H,5-6,11H2,1-4H3,(H,21,26). The van der Waals surface area contributed by atoms with Crippen LogP contribution in [0.4, 0.5) is 0 Å². The number of carbonyl (C=O) groups is 2. The number of likely N-dealkylation sites (N-methyl/N-ethyl adjacent to an activating group) is 1. The summed E-state index contributed by atoms with van der Waals surface area (Å²) in [6, 6.07) is 5.10. The zero-order chi connectivity index (χ0) is 22.1. The Morgan fingerprint density at radius 1 is 1.23 bits per heavy atom. The molecule has 0 bridgehead atoms. The van der Waals surface area contributed by atoms with Crippen LogP contribution in [0.2, 0.25) is 0 Å². The number of benzene rings is 1. The van der Waals surface area contributed by atoms with E-state index in [1.807, 2.05) is 13.8 Å². The summed E-state index contributed by atoms with van der Waals surface area (Å²) in [7, 11) is -2.56. The summed E-state index contributed by atoms with van der Waals surface area (Å²) in [5.74, 6) is 0.645. The van der Waals surface area contributed by atoms with Crippen LogP contribution in [0.25, 0.3) is 0 Å². The molecule has 0 aliphatic heterocycles. The molecule has 0 radical (unpaired) electrons. The van der Waals surface area contributed by atoms with Crippen molar-refractivity contribution in [1.29, 1.82) is 0 Å². The lowest BCUT2D eigenvalue weighted by Gasteiger charge is -2.21. The lowest BCUT2D eigenvalue weighted by Crippen LogP contribution is -2.41. The molecular formula is C20H26N4O5S. The fraction of sp³-hybridized carbons (Fsp3) is 0.500. The Balaban J connectivity index is 1.67. The van der Waals surface area contributed by atoms with Crippen molar-refractivity contribution in [3.8, 4) is 0 Å². The van der Waals surface area contributed by atoms with Gasteiger partial charge in [0.25, 0.3) is 0 Å². The van der Waals surface area contributed by atoms with Crippen LogP contribution in [0, 0.1) is 5.92 Å². The second kappa shape index (κ2) is 8.65. The number of nitrogens with one attached hydrogen (secondary N) is 1. The fourth-order valence-electron chi connectivity index (χ4n) is 2.94. The first-order chi connectivity index (χ1) is 14.1. The number of rotatable bonds is 9. The summed E-state index contributed by atoms with van der Waals surface area (Å²) in [4.78, 5) is 28.3. The maximum absolute atomic E-state index is 12.7. The average Bonchev–Trinajstić information content (AvgIpc) is 3.43. The van der Waals surface area contributed by atoms with Crippen molar-refractivity contribution in [3.63, 3.8) is 0 Å². The summed E-state index contributed by atoms with van der Waals surface area (Å²) >= 11 is 0. The quantitative estimate of drug-likeness (QED) is 0.601. The number of Topliss-reactive ketones (excluding diaryl/α,β-unsaturated/α-hetero) is 1. The topological polar surface area (TPSA) is 122 Å². The molecule has 1 N–H and O–H groups in total. The van der Waals surface area contributed by atoms with Crippen LogP contribution in [0.3, 0.4) is 0 Å². The number of aromatic nitrogens is 2. The molecule has 1 heterocycles. The highest BCUT2D eigenvalue weighted by Gasteiger charge is 2.32. The van der Waals surface area contributed by atoms with Gasteiger partial charge >= 0.3 is 0 Å². The first kappa shape index (κ1) is 22.1. The molecule has 0 spiro atoms. The van der Waals surface area contributed by atoms with E-state index < -0.39 is 22.0 Å². The lowest BCUT2D eigenvalue weighted by molar-refractivity contribution is -0.122. The number of carbonyl (C=O) groups excluding carboxylic acids is 2. The predicted octanol–water partition coefficient (Wildman–Crippen LogP) is 2.28. The molecule has 3 rings (SSSR count). The van der Waals surface area contributed by atoms with E-state index in [0.717, 1.165) is 17.1 Å². The molecule has 0 saturated heterocycles. The number of hydrogen-bond donors (Lipinski definition) is 1. The van der Waals surface area contributed by atoms with E-state index in [-0.39, 0.29) is 23.1 Å². The molecule has 2 aromatic rings. The maximum Gasteiger partial charge on any atom is 0.249 e. The minimum atomic E-state index is -3.89. The SMILES string of the molecule is CC(=O)c1ccc(S(=O)(=O)N(C)CC(=O)NC(c2nc(C3CC3)no2)C(C)C)cc1. The van der Waals surface area contributed by atoms with Crippen LogP contribution < -0.4 is 5.32 Å². The largest absolute Gasteiger partial charge is 0.343 e. The number of ketones is 1. The zero-order valence-corrected chi connectivity index (χ0v) is 18.3. The summed E-state index contributed by atoms with van der Waals surface area (Å²) < 4.78 is 31.8. The summed E-state index contributed by atoms with van der Waals surface area (Å²) in [6.45, 7) is 4.84. The third-order valence-corrected chi connectivity index (χ3v) is 6.80. The van der Waals surface area contributed by atoms with Gasteiger partial charge in [-0.1, -0.05) is 31.1 Å². The summed E-state index contributed by atoms with van der Waals surface area (Å²) in [5, 5.41) is 6.78. The molecule has 10 heteroatoms. The average molecular weight is 435 g/mol. The van der Waals surface area contributed by atoms with Gasteiger partial charge in [-0.05, 0) is 37.8 Å². The van der Waals surface area contributed by atoms with Gasteiger partial charge in [-0.25, -0.2) is 8.42 Å². The Hall–Kier alpha value is -2.59. The molecule has 1 aromatic carbocycles. The summed E-state index contributed by atoms with van der Waals surface area (Å²) in [6.07, 6.45) is 2.07. The minimum absolute atomic E-state index is 0.00851. The first-order valence-electron chi connectivity index (χ1n) is 9.79. The zero-order valence-electron chi connectivity index (χ0n) is 17.5. The van der Waals surface area contributed by atoms with Crippen molar-refractivity contribution in [2.24, 2.45) is 5.92 Å². The van der Waals surface area contributed by atoms with Gasteiger partial charge in [-0.2, -0.15) is 9.29 Å². The highest BCUT2D eigenvalue weighted by atomic mass is 32.2. The van der Waals surface area contributed by atoms with E-state index in [9.17, 15) is 18.0 Å². The van der Waals surface area contributed by atoms with E-state index in [2.05, 4.69) is 15.5 Å². The van der Waals surface area contributed by atoms with Gasteiger partial charge in [-0.3, -0.25) is 9.59 Å². The van der Waals surface area contributed by atoms with Crippen molar-refractivity contribution in [2.75, 3.05) is 13.6 Å². The van der Waals surface area contributed by atoms with Crippen molar-refractivity contribution in [2.45, 2.75) is 50.5 Å². The number of hydrogen-bond acceptors (Lipinski definition) is 7. The number of amides is 1. The van der Waals surface area contributed by atoms with Crippen LogP contribution in [-0.2, 0) is 14.8 Å². The van der Waals surface area contributed by atoms with Crippen LogP contribution in [0.1, 0.15) is 67.6 Å². The Morgan fingerprint density at radius 2 is 1.87 bits per heavy atom. The second-order valence-corrected chi connectivity index (χ2v) is 9.94. The normalized spacial score (nSPS) is 15.4. The molecule has 1 aliphatic rings. The van der Waals surface area contributed by atoms with E-state index in [1.54, 1.807) is 0 Å². The highest BCUT2D eigenvalue weighted by molar-refractivity contribution is 7.89. The van der Waals surface area contributed by atoms with Crippen LogP contribution >= 0.6 is 0 Å². The van der Waals surface area contributed by atoms with Gasteiger partial charge in [-0.15, -0.1) is 0 Å². The molecule has 1 unspecified atom stereocenters. The van der Waals surface area contributed by atoms with Crippen LogP contribution in [-0.4, -0.2) is 48.1 Å². The third-order valence-electron chi connectivity index (χ3n) is 4.98. The maximum atomic E-state index is 12.7. The van der Waals surface area contributed by atoms with Crippen molar-refractivity contribution in [1.82, 2.24) is 19.8 Å². The smallest absolute Gasteiger partial charge is 0.249 e. The molecule has 162 valence electrons. The van der Waals surface area contributed by atoms with Crippen LogP contribution in [0.15, 0.2) is 33.7 Å². The predicted molar refractivity (Wildman–Crippen MR) is 108 cm³/mol. The van der Waals surface area contributed by atoms with Gasteiger partial charge in [0.1, 0.15) is 6.04 Å². The van der Waals surface area contributed by atoms with Crippen molar-refractivity contribution >= 4 is 21.7 Å². The van der Waals surface area contributed by atoms with Gasteiger partial charge < -0.3 is 9.84 Å². The minimum Gasteiger partial charge on any atom is -0.343 e. The molecule has 1 fully saturated rings. The fourth-order valence-corrected chi connectivity index (χ4v) is 4.07. The monoisotopic (exact) mass is 434 g/mol. The highest BCUT2D eigenvalue weighted by Crippen LogP contribution is 2.38. The second-order valence-electron chi connectivity index (χ2n) is 7.90. The van der Waals surface area contributed by atoms with Gasteiger partial charge in [0.05, 0.1) is 11.4 Å². The van der Waals surface area contributed by atoms with Crippen LogP contribution in [0.5, 0.6) is 0 Å². The van der Waals surface area contributed by atoms with E-state index in [4.69, 9.17) is 4.52 Å². The molecule has 1 saturated carbocycles. The Bertz CT molecular complexity index is 1030. The number of sulfonamides is 1. The van der Waals surface area contributed by atoms with E-state index >= 15 is 0 Å². The lowest BCUT2D eigenvalue weighted by atomic mass is 10.0. The molecule has 1 amide bonds. The molecule has 30 heavy (non-hydrogen) atoms. The first-order valence-corrected chi connectivity index (χ1v) is 11.2. The van der Waals surface area contributed by atoms with Gasteiger partial charge in [0, 0.05) is 18.5 Å². The van der Waals surface area contributed by atoms with Gasteiger partial charge in [0.15, 0.2) is 11.6 Å². The molecule has 1 aliphatic carbocycles. The van der Waals surface area contributed by atoms with Gasteiger partial charge in [0.2, 0.25) is 21.8 Å². The Morgan fingerprint density at radius 3 is 2.40 bits per heavy atom.